The zero-order valence-corrected chi connectivity index (χ0v) is 21.5. The van der Waals surface area contributed by atoms with Gasteiger partial charge in [0.1, 0.15) is 0 Å². The van der Waals surface area contributed by atoms with Crippen LogP contribution in [0.3, 0.4) is 0 Å². The molecule has 0 fully saturated rings. The normalized spacial score (nSPS) is 10.9. The summed E-state index contributed by atoms with van der Waals surface area (Å²) < 4.78 is 21.0. The number of nitrogens with one attached hydrogen (secondary N) is 2. The van der Waals surface area contributed by atoms with Crippen molar-refractivity contribution < 1.29 is 28.5 Å². The largest absolute Gasteiger partial charge is 0.493 e. The molecule has 2 N–H and O–H groups in total. The summed E-state index contributed by atoms with van der Waals surface area (Å²) >= 11 is 0. The van der Waals surface area contributed by atoms with Crippen LogP contribution >= 0.6 is 0 Å². The molecule has 2 rings (SSSR count). The summed E-state index contributed by atoms with van der Waals surface area (Å²) in [5, 5.41) is 5.77. The van der Waals surface area contributed by atoms with E-state index >= 15 is 0 Å². The first kappa shape index (κ1) is 28.3. The first-order valence-electron chi connectivity index (χ1n) is 11.9. The Balaban J connectivity index is 1.57. The third-order valence-corrected chi connectivity index (χ3v) is 5.37. The molecule has 0 saturated heterocycles. The van der Waals surface area contributed by atoms with Gasteiger partial charge in [0, 0.05) is 25.2 Å². The quantitative estimate of drug-likeness (QED) is 0.283. The van der Waals surface area contributed by atoms with Crippen LogP contribution in [-0.2, 0) is 9.59 Å². The lowest BCUT2D eigenvalue weighted by Gasteiger charge is -2.07. The number of ether oxygens (including phenoxy) is 4. The van der Waals surface area contributed by atoms with E-state index in [0.717, 1.165) is 36.8 Å². The molecule has 8 nitrogen and oxygen atoms in total. The average Bonchev–Trinajstić information content (AvgIpc) is 2.91. The number of hydrogen-bond donors (Lipinski definition) is 2. The highest BCUT2D eigenvalue weighted by atomic mass is 16.5. The number of benzene rings is 2. The molecule has 36 heavy (non-hydrogen) atoms. The number of carbonyl (C=O) groups excluding carboxylic acids is 2. The number of hydrogen-bond acceptors (Lipinski definition) is 6. The molecule has 0 bridgehead atoms. The molecule has 0 aliphatic heterocycles. The van der Waals surface area contributed by atoms with Crippen molar-refractivity contribution in [3.63, 3.8) is 0 Å². The fourth-order valence-electron chi connectivity index (χ4n) is 3.40. The molecule has 0 atom stereocenters. The van der Waals surface area contributed by atoms with Crippen molar-refractivity contribution in [3.05, 3.63) is 59.7 Å². The molecule has 8 heteroatoms. The third kappa shape index (κ3) is 9.74. The molecule has 194 valence electrons. The summed E-state index contributed by atoms with van der Waals surface area (Å²) in [6, 6.07) is 10.9. The summed E-state index contributed by atoms with van der Waals surface area (Å²) in [6.07, 6.45) is 10.2. The van der Waals surface area contributed by atoms with Crippen LogP contribution in [0.5, 0.6) is 23.0 Å². The van der Waals surface area contributed by atoms with E-state index in [9.17, 15) is 9.59 Å². The van der Waals surface area contributed by atoms with Gasteiger partial charge in [-0.2, -0.15) is 0 Å². The van der Waals surface area contributed by atoms with Crippen LogP contribution in [0.25, 0.3) is 12.2 Å². The fourth-order valence-corrected chi connectivity index (χ4v) is 3.40. The van der Waals surface area contributed by atoms with Crippen molar-refractivity contribution in [2.24, 2.45) is 0 Å². The number of rotatable bonds is 15. The molecule has 0 aliphatic carbocycles. The van der Waals surface area contributed by atoms with Crippen LogP contribution < -0.4 is 29.6 Å². The van der Waals surface area contributed by atoms with Crippen molar-refractivity contribution in [2.75, 3.05) is 41.5 Å². The van der Waals surface area contributed by atoms with E-state index in [1.54, 1.807) is 52.7 Å². The Hall–Kier alpha value is -3.94. The molecular weight excluding hydrogens is 460 g/mol. The van der Waals surface area contributed by atoms with Gasteiger partial charge in [-0.05, 0) is 60.4 Å². The Bertz CT molecular complexity index is 965. The maximum absolute atomic E-state index is 12.0. The Morgan fingerprint density at radius 2 is 1.00 bits per heavy atom. The van der Waals surface area contributed by atoms with Crippen molar-refractivity contribution in [1.82, 2.24) is 10.6 Å². The highest BCUT2D eigenvalue weighted by molar-refractivity contribution is 5.92. The maximum Gasteiger partial charge on any atom is 0.243 e. The standard InChI is InChI=1S/C28H36N2O6/c1-33-23-13-9-21(19-25(23)35-3)11-15-27(31)29-17-7-5-6-8-18-30-28(32)16-12-22-10-14-24(34-2)26(20-22)36-4/h9-16,19-20H,5-8,17-18H2,1-4H3,(H,29,31)(H,30,32)/b15-11+,16-12+. The third-order valence-electron chi connectivity index (χ3n) is 5.37. The van der Waals surface area contributed by atoms with E-state index in [1.165, 1.54) is 12.2 Å². The molecule has 0 spiro atoms. The van der Waals surface area contributed by atoms with Crippen LogP contribution in [0.4, 0.5) is 0 Å². The Morgan fingerprint density at radius 1 is 0.611 bits per heavy atom. The second-order valence-corrected chi connectivity index (χ2v) is 7.89. The molecule has 2 aromatic carbocycles. The number of carbonyl (C=O) groups is 2. The molecule has 2 aromatic rings. The minimum absolute atomic E-state index is 0.140. The lowest BCUT2D eigenvalue weighted by Crippen LogP contribution is -2.23. The summed E-state index contributed by atoms with van der Waals surface area (Å²) in [7, 11) is 6.31. The predicted molar refractivity (Wildman–Crippen MR) is 142 cm³/mol. The Kier molecular flexibility index (Phi) is 12.5. The van der Waals surface area contributed by atoms with Crippen molar-refractivity contribution in [1.29, 1.82) is 0 Å². The summed E-state index contributed by atoms with van der Waals surface area (Å²) in [6.45, 7) is 1.21. The number of unbranched alkanes of at least 4 members (excludes halogenated alkanes) is 3. The molecule has 0 heterocycles. The average molecular weight is 497 g/mol. The SMILES string of the molecule is COc1ccc(/C=C/C(=O)NCCCCCCNC(=O)/C=C/c2ccc(OC)c(OC)c2)cc1OC. The Labute approximate surface area is 213 Å². The van der Waals surface area contributed by atoms with Crippen molar-refractivity contribution in [2.45, 2.75) is 25.7 Å². The molecule has 0 radical (unpaired) electrons. The summed E-state index contributed by atoms with van der Waals surface area (Å²) in [5.74, 6) is 2.24. The predicted octanol–water partition coefficient (Wildman–Crippen LogP) is 4.24. The highest BCUT2D eigenvalue weighted by Crippen LogP contribution is 2.28. The molecule has 0 saturated carbocycles. The maximum atomic E-state index is 12.0. The van der Waals surface area contributed by atoms with E-state index in [4.69, 9.17) is 18.9 Å². The fraction of sp³-hybridized carbons (Fsp3) is 0.357. The van der Waals surface area contributed by atoms with Gasteiger partial charge in [-0.15, -0.1) is 0 Å². The van der Waals surface area contributed by atoms with Gasteiger partial charge in [0.2, 0.25) is 11.8 Å². The molecule has 0 aromatic heterocycles. The van der Waals surface area contributed by atoms with Gasteiger partial charge in [-0.3, -0.25) is 9.59 Å². The molecule has 0 unspecified atom stereocenters. The van der Waals surface area contributed by atoms with Gasteiger partial charge in [0.05, 0.1) is 28.4 Å². The second-order valence-electron chi connectivity index (χ2n) is 7.89. The second kappa shape index (κ2) is 15.9. The van der Waals surface area contributed by atoms with E-state index < -0.39 is 0 Å². The summed E-state index contributed by atoms with van der Waals surface area (Å²) in [5.41, 5.74) is 1.70. The number of amides is 2. The molecule has 2 amide bonds. The first-order valence-corrected chi connectivity index (χ1v) is 11.9. The lowest BCUT2D eigenvalue weighted by molar-refractivity contribution is -0.117. The zero-order valence-electron chi connectivity index (χ0n) is 21.5. The van der Waals surface area contributed by atoms with Crippen molar-refractivity contribution in [3.8, 4) is 23.0 Å². The van der Waals surface area contributed by atoms with E-state index in [-0.39, 0.29) is 11.8 Å². The number of methoxy groups -OCH3 is 4. The van der Waals surface area contributed by atoms with E-state index in [0.29, 0.717) is 36.1 Å². The van der Waals surface area contributed by atoms with Gasteiger partial charge in [0.25, 0.3) is 0 Å². The molecule has 0 aliphatic rings. The zero-order chi connectivity index (χ0) is 26.2. The van der Waals surface area contributed by atoms with Crippen LogP contribution in [0, 0.1) is 0 Å². The van der Waals surface area contributed by atoms with E-state index in [2.05, 4.69) is 10.6 Å². The van der Waals surface area contributed by atoms with Crippen LogP contribution in [0.2, 0.25) is 0 Å². The Morgan fingerprint density at radius 3 is 1.36 bits per heavy atom. The highest BCUT2D eigenvalue weighted by Gasteiger charge is 2.04. The van der Waals surface area contributed by atoms with Gasteiger partial charge in [0.15, 0.2) is 23.0 Å². The lowest BCUT2D eigenvalue weighted by atomic mass is 10.1. The van der Waals surface area contributed by atoms with Gasteiger partial charge < -0.3 is 29.6 Å². The van der Waals surface area contributed by atoms with Crippen LogP contribution in [0.1, 0.15) is 36.8 Å². The van der Waals surface area contributed by atoms with E-state index in [1.807, 2.05) is 24.3 Å². The molecular formula is C28H36N2O6. The smallest absolute Gasteiger partial charge is 0.243 e. The topological polar surface area (TPSA) is 95.1 Å². The van der Waals surface area contributed by atoms with Crippen LogP contribution in [0.15, 0.2) is 48.6 Å². The summed E-state index contributed by atoms with van der Waals surface area (Å²) in [4.78, 5) is 24.0. The van der Waals surface area contributed by atoms with Crippen LogP contribution in [-0.4, -0.2) is 53.3 Å². The monoisotopic (exact) mass is 496 g/mol. The minimum Gasteiger partial charge on any atom is -0.493 e. The van der Waals surface area contributed by atoms with Gasteiger partial charge in [-0.25, -0.2) is 0 Å². The van der Waals surface area contributed by atoms with Gasteiger partial charge >= 0.3 is 0 Å². The van der Waals surface area contributed by atoms with Gasteiger partial charge in [-0.1, -0.05) is 25.0 Å². The van der Waals surface area contributed by atoms with Crippen molar-refractivity contribution >= 4 is 24.0 Å². The first-order chi connectivity index (χ1) is 17.5. The minimum atomic E-state index is -0.140.